The number of hydrogen-bond acceptors (Lipinski definition) is 4. The van der Waals surface area contributed by atoms with E-state index in [1.54, 1.807) is 28.7 Å². The molecule has 7 heteroatoms. The molecule has 2 aliphatic carbocycles. The molecule has 3 rings (SSSR count). The average molecular weight is 436 g/mol. The van der Waals surface area contributed by atoms with Crippen LogP contribution < -0.4 is 5.32 Å². The van der Waals surface area contributed by atoms with E-state index in [-0.39, 0.29) is 11.8 Å². The van der Waals surface area contributed by atoms with Crippen LogP contribution in [0.15, 0.2) is 12.3 Å². The van der Waals surface area contributed by atoms with Gasteiger partial charge < -0.3 is 10.4 Å². The van der Waals surface area contributed by atoms with Crippen molar-refractivity contribution in [3.05, 3.63) is 18.0 Å². The topological polar surface area (TPSA) is 84.2 Å². The molecule has 6 nitrogen and oxygen atoms in total. The Morgan fingerprint density at radius 2 is 1.73 bits per heavy atom. The molecule has 1 heterocycles. The number of aryl methyl sites for hydroxylation is 1. The molecule has 0 aliphatic heterocycles. The molecular weight excluding hydrogens is 398 g/mol. The van der Waals surface area contributed by atoms with Crippen molar-refractivity contribution < 1.29 is 14.7 Å². The number of amides is 1. The van der Waals surface area contributed by atoms with Crippen LogP contribution in [0.5, 0.6) is 0 Å². The van der Waals surface area contributed by atoms with Gasteiger partial charge in [0.15, 0.2) is 0 Å². The Bertz CT molecular complexity index is 663. The first kappa shape index (κ1) is 23.2. The molecule has 0 unspecified atom stereocenters. The number of rotatable bonds is 10. The van der Waals surface area contributed by atoms with Crippen LogP contribution in [0, 0.1) is 17.8 Å². The van der Waals surface area contributed by atoms with Crippen molar-refractivity contribution in [1.82, 2.24) is 15.1 Å². The van der Waals surface area contributed by atoms with Crippen LogP contribution in [0.2, 0.25) is 0 Å². The fraction of sp³-hybridized carbons (Fsp3) is 0.783. The van der Waals surface area contributed by atoms with Gasteiger partial charge in [-0.25, -0.2) is 4.79 Å². The predicted molar refractivity (Wildman–Crippen MR) is 121 cm³/mol. The van der Waals surface area contributed by atoms with Crippen molar-refractivity contribution in [2.75, 3.05) is 12.0 Å². The monoisotopic (exact) mass is 435 g/mol. The summed E-state index contributed by atoms with van der Waals surface area (Å²) in [4.78, 5) is 25.5. The van der Waals surface area contributed by atoms with E-state index < -0.39 is 12.0 Å². The summed E-state index contributed by atoms with van der Waals surface area (Å²) in [5.41, 5.74) is 0.466. The van der Waals surface area contributed by atoms with Gasteiger partial charge in [-0.1, -0.05) is 64.2 Å². The van der Waals surface area contributed by atoms with Crippen LogP contribution in [0.1, 0.15) is 81.1 Å². The predicted octanol–water partition coefficient (Wildman–Crippen LogP) is 4.60. The molecule has 1 amide bonds. The third-order valence-corrected chi connectivity index (χ3v) is 7.69. The highest BCUT2D eigenvalue weighted by Crippen LogP contribution is 2.41. The number of carboxylic acid groups (broad SMARTS) is 1. The van der Waals surface area contributed by atoms with Gasteiger partial charge in [-0.2, -0.15) is 16.9 Å². The Kier molecular flexibility index (Phi) is 9.09. The number of thioether (sulfide) groups is 1. The van der Waals surface area contributed by atoms with E-state index in [0.29, 0.717) is 24.1 Å². The second-order valence-corrected chi connectivity index (χ2v) is 9.93. The average Bonchev–Trinajstić information content (AvgIpc) is 3.23. The van der Waals surface area contributed by atoms with Gasteiger partial charge in [-0.3, -0.25) is 9.48 Å². The first-order valence-corrected chi connectivity index (χ1v) is 13.1. The molecule has 30 heavy (non-hydrogen) atoms. The van der Waals surface area contributed by atoms with Gasteiger partial charge in [0.25, 0.3) is 5.91 Å². The van der Waals surface area contributed by atoms with Crippen molar-refractivity contribution in [3.8, 4) is 0 Å². The van der Waals surface area contributed by atoms with Gasteiger partial charge >= 0.3 is 5.97 Å². The number of aromatic nitrogens is 2. The van der Waals surface area contributed by atoms with Crippen molar-refractivity contribution in [3.63, 3.8) is 0 Å². The molecule has 2 saturated carbocycles. The van der Waals surface area contributed by atoms with E-state index in [4.69, 9.17) is 0 Å². The van der Waals surface area contributed by atoms with Gasteiger partial charge in [-0.05, 0) is 42.2 Å². The maximum absolute atomic E-state index is 13.1. The zero-order valence-corrected chi connectivity index (χ0v) is 19.0. The van der Waals surface area contributed by atoms with Gasteiger partial charge in [-0.15, -0.1) is 0 Å². The summed E-state index contributed by atoms with van der Waals surface area (Å²) in [6.07, 6.45) is 16.2. The first-order valence-electron chi connectivity index (χ1n) is 11.7. The number of carbonyl (C=O) groups is 2. The van der Waals surface area contributed by atoms with Crippen molar-refractivity contribution in [2.24, 2.45) is 17.8 Å². The molecular formula is C23H37N3O3S. The summed E-state index contributed by atoms with van der Waals surface area (Å²) < 4.78 is 1.71. The second-order valence-electron chi connectivity index (χ2n) is 8.95. The molecule has 0 spiro atoms. The molecule has 2 aliphatic rings. The van der Waals surface area contributed by atoms with Gasteiger partial charge in [0, 0.05) is 12.7 Å². The molecule has 168 valence electrons. The minimum Gasteiger partial charge on any atom is -0.480 e. The van der Waals surface area contributed by atoms with E-state index in [1.807, 2.05) is 0 Å². The molecule has 1 aromatic rings. The molecule has 0 radical (unpaired) electrons. The van der Waals surface area contributed by atoms with Gasteiger partial charge in [0.1, 0.15) is 11.7 Å². The fourth-order valence-electron chi connectivity index (χ4n) is 5.57. The quantitative estimate of drug-likeness (QED) is 0.525. The molecule has 1 atom stereocenters. The van der Waals surface area contributed by atoms with E-state index in [1.165, 1.54) is 38.5 Å². The van der Waals surface area contributed by atoms with Crippen LogP contribution in [-0.2, 0) is 11.3 Å². The van der Waals surface area contributed by atoms with Crippen molar-refractivity contribution in [2.45, 2.75) is 83.2 Å². The smallest absolute Gasteiger partial charge is 0.326 e. The number of nitrogens with one attached hydrogen (secondary N) is 1. The molecule has 2 fully saturated rings. The lowest BCUT2D eigenvalue weighted by atomic mass is 9.66. The minimum absolute atomic E-state index is 0.0277. The first-order chi connectivity index (χ1) is 14.6. The summed E-state index contributed by atoms with van der Waals surface area (Å²) in [7, 11) is 0. The summed E-state index contributed by atoms with van der Waals surface area (Å²) in [6, 6.07) is 0.877. The summed E-state index contributed by atoms with van der Waals surface area (Å²) in [6.45, 7) is 0.670. The highest BCUT2D eigenvalue weighted by atomic mass is 32.2. The lowest BCUT2D eigenvalue weighted by Gasteiger charge is -2.41. The molecule has 0 saturated heterocycles. The lowest BCUT2D eigenvalue weighted by molar-refractivity contribution is -0.142. The Morgan fingerprint density at radius 1 is 1.13 bits per heavy atom. The Balaban J connectivity index is 1.77. The number of carboxylic acids is 1. The van der Waals surface area contributed by atoms with Gasteiger partial charge in [0.05, 0.1) is 0 Å². The zero-order valence-electron chi connectivity index (χ0n) is 18.2. The van der Waals surface area contributed by atoms with Crippen LogP contribution >= 0.6 is 11.8 Å². The van der Waals surface area contributed by atoms with Crippen LogP contribution in [-0.4, -0.2) is 44.8 Å². The van der Waals surface area contributed by atoms with E-state index in [2.05, 4.69) is 16.7 Å². The second kappa shape index (κ2) is 11.8. The van der Waals surface area contributed by atoms with Crippen LogP contribution in [0.3, 0.4) is 0 Å². The zero-order chi connectivity index (χ0) is 21.3. The molecule has 0 bridgehead atoms. The van der Waals surface area contributed by atoms with Crippen LogP contribution in [0.4, 0.5) is 0 Å². The SMILES string of the molecule is CSCCCn1nccc1C(=O)N[C@H](C(=O)O)C(C1CCCCC1)C1CCCCC1. The van der Waals surface area contributed by atoms with Gasteiger partial charge in [0.2, 0.25) is 0 Å². The van der Waals surface area contributed by atoms with Crippen LogP contribution in [0.25, 0.3) is 0 Å². The normalized spacial score (nSPS) is 19.7. The summed E-state index contributed by atoms with van der Waals surface area (Å²) in [5.74, 6) is 0.632. The lowest BCUT2D eigenvalue weighted by Crippen LogP contribution is -2.51. The maximum Gasteiger partial charge on any atom is 0.326 e. The summed E-state index contributed by atoms with van der Waals surface area (Å²) >= 11 is 1.77. The molecule has 2 N–H and O–H groups in total. The standard InChI is InChI=1S/C23H37N3O3S/c1-30-16-8-15-26-19(13-14-24-26)22(27)25-21(23(28)29)20(17-9-4-2-5-10-17)18-11-6-3-7-12-18/h13-14,17-18,20-21H,2-12,15-16H2,1H3,(H,25,27)(H,28,29)/t21-/m0/s1. The summed E-state index contributed by atoms with van der Waals surface area (Å²) in [5, 5.41) is 17.4. The highest BCUT2D eigenvalue weighted by Gasteiger charge is 2.41. The maximum atomic E-state index is 13.1. The Hall–Kier alpha value is -1.50. The number of nitrogens with zero attached hydrogens (tertiary/aromatic N) is 2. The van der Waals surface area contributed by atoms with Crippen molar-refractivity contribution in [1.29, 1.82) is 0 Å². The number of hydrogen-bond donors (Lipinski definition) is 2. The highest BCUT2D eigenvalue weighted by molar-refractivity contribution is 7.98. The van der Waals surface area contributed by atoms with E-state index >= 15 is 0 Å². The minimum atomic E-state index is -0.891. The molecule has 1 aromatic heterocycles. The number of aliphatic carboxylic acids is 1. The van der Waals surface area contributed by atoms with E-state index in [0.717, 1.165) is 37.9 Å². The third kappa shape index (κ3) is 6.02. The third-order valence-electron chi connectivity index (χ3n) is 6.99. The Labute approximate surface area is 184 Å². The Morgan fingerprint density at radius 3 is 2.27 bits per heavy atom. The van der Waals surface area contributed by atoms with Crippen molar-refractivity contribution >= 4 is 23.6 Å². The number of carbonyl (C=O) groups excluding carboxylic acids is 1. The largest absolute Gasteiger partial charge is 0.480 e. The molecule has 0 aromatic carbocycles. The van der Waals surface area contributed by atoms with E-state index in [9.17, 15) is 14.7 Å². The fourth-order valence-corrected chi connectivity index (χ4v) is 5.99.